The first-order valence-corrected chi connectivity index (χ1v) is 16.5. The molecule has 0 aliphatic heterocycles. The van der Waals surface area contributed by atoms with Crippen LogP contribution in [0.2, 0.25) is 0 Å². The van der Waals surface area contributed by atoms with Crippen LogP contribution in [-0.2, 0) is 0 Å². The van der Waals surface area contributed by atoms with Gasteiger partial charge in [0.25, 0.3) is 0 Å². The van der Waals surface area contributed by atoms with Gasteiger partial charge in [0.2, 0.25) is 0 Å². The summed E-state index contributed by atoms with van der Waals surface area (Å²) < 4.78 is 202. The fraction of sp³-hybridized carbons (Fsp3) is 0. The van der Waals surface area contributed by atoms with E-state index in [4.69, 9.17) is 27.4 Å². The molecule has 4 heteroatoms. The molecule has 0 unspecified atom stereocenters. The lowest BCUT2D eigenvalue weighted by Gasteiger charge is -2.08. The molecule has 0 radical (unpaired) electrons. The summed E-state index contributed by atoms with van der Waals surface area (Å²) in [6.45, 7) is 0. The van der Waals surface area contributed by atoms with Gasteiger partial charge in [0.05, 0.1) is 47.4 Å². The molecule has 10 rings (SSSR count). The number of benzene rings is 7. The van der Waals surface area contributed by atoms with Gasteiger partial charge in [-0.2, -0.15) is 0 Å². The number of hydrogen-bond donors (Lipinski definition) is 0. The lowest BCUT2D eigenvalue weighted by Crippen LogP contribution is -1.87. The van der Waals surface area contributed by atoms with Crippen LogP contribution in [0.1, 0.15) is 31.5 Å². The average molecular weight is 696 g/mol. The largest absolute Gasteiger partial charge is 0.235 e. The first-order chi connectivity index (χ1) is 34.3. The van der Waals surface area contributed by atoms with Crippen LogP contribution in [0.25, 0.3) is 96.2 Å². The summed E-state index contributed by atoms with van der Waals surface area (Å²) in [7, 11) is 0. The van der Waals surface area contributed by atoms with E-state index in [0.717, 1.165) is 28.7 Å². The summed E-state index contributed by atoms with van der Waals surface area (Å²) in [5.74, 6) is 0. The van der Waals surface area contributed by atoms with Crippen LogP contribution in [-0.4, -0.2) is 9.97 Å². The molecule has 0 atom stereocenters. The second-order valence-corrected chi connectivity index (χ2v) is 12.9. The molecular formula is C46H28N2S2. The van der Waals surface area contributed by atoms with Crippen molar-refractivity contribution in [3.8, 4) is 55.8 Å². The molecule has 10 aromatic rings. The molecule has 0 aliphatic rings. The van der Waals surface area contributed by atoms with E-state index in [9.17, 15) is 4.11 Å². The molecule has 7 aromatic carbocycles. The second-order valence-electron chi connectivity index (χ2n) is 10.8. The molecule has 3 aromatic heterocycles. The molecule has 0 saturated heterocycles. The quantitative estimate of drug-likeness (QED) is 0.179. The van der Waals surface area contributed by atoms with E-state index in [1.54, 1.807) is 12.1 Å². The van der Waals surface area contributed by atoms with E-state index >= 15 is 0 Å². The zero-order valence-electron chi connectivity index (χ0n) is 48.1. The van der Waals surface area contributed by atoms with Gasteiger partial charge in [-0.05, 0) is 74.8 Å². The van der Waals surface area contributed by atoms with Crippen molar-refractivity contribution in [2.75, 3.05) is 0 Å². The first kappa shape index (κ1) is 14.1. The lowest BCUT2D eigenvalue weighted by molar-refractivity contribution is 1.24. The van der Waals surface area contributed by atoms with E-state index in [1.165, 1.54) is 12.4 Å². The summed E-state index contributed by atoms with van der Waals surface area (Å²) in [4.78, 5) is 8.98. The monoisotopic (exact) mass is 695 g/mol. The Morgan fingerprint density at radius 2 is 1.10 bits per heavy atom. The molecule has 0 saturated carbocycles. The number of aromatic nitrogens is 2. The Labute approximate surface area is 329 Å². The Morgan fingerprint density at radius 1 is 0.440 bits per heavy atom. The summed E-state index contributed by atoms with van der Waals surface area (Å²) >= 11 is 1.98. The first-order valence-electron chi connectivity index (χ1n) is 26.3. The van der Waals surface area contributed by atoms with Gasteiger partial charge in [-0.15, -0.1) is 22.7 Å². The maximum absolute atomic E-state index is 9.58. The Morgan fingerprint density at radius 3 is 1.96 bits per heavy atom. The van der Waals surface area contributed by atoms with E-state index in [2.05, 4.69) is 9.97 Å². The standard InChI is InChI=1S/C46H28N2S2/c1-2-9-29(10-3-1)32-11-6-12-33(25-32)30-19-21-31(22-20-30)34-23-24-42-40(27-34)44-46(50-42)43(47-28-48-44)36-14-7-13-35(26-36)37-16-8-17-39-38-15-4-5-18-41(38)49-45(37)39/h1-28H/i1D,2D,3D,4D,5D,6D,8D,9D,10D,11D,12D,13D,14D,15D,16D,17D,18D,19D,20D,21D,22D,25D,26D. The highest BCUT2D eigenvalue weighted by Crippen LogP contribution is 2.43. The topological polar surface area (TPSA) is 25.8 Å². The van der Waals surface area contributed by atoms with Gasteiger partial charge >= 0.3 is 0 Å². The molecular weight excluding hydrogens is 645 g/mol. The minimum atomic E-state index is -0.856. The Hall–Kier alpha value is -5.94. The third-order valence-electron chi connectivity index (χ3n) is 7.90. The molecule has 0 N–H and O–H groups in total. The highest BCUT2D eigenvalue weighted by Gasteiger charge is 2.16. The molecule has 0 spiro atoms. The lowest BCUT2D eigenvalue weighted by atomic mass is 9.97. The van der Waals surface area contributed by atoms with Crippen LogP contribution < -0.4 is 0 Å². The van der Waals surface area contributed by atoms with Crippen molar-refractivity contribution in [2.24, 2.45) is 0 Å². The highest BCUT2D eigenvalue weighted by atomic mass is 32.1. The van der Waals surface area contributed by atoms with Crippen LogP contribution in [0.3, 0.4) is 0 Å². The summed E-state index contributed by atoms with van der Waals surface area (Å²) in [5, 5.41) is 0.327. The SMILES string of the molecule is [2H]c1cc([2H])c(-c2c([2H])c([2H])c([2H])c3c2sc2c([2H])c([2H])c([2H])c([2H])c23)c([2H])c1-c1ncnc2c1sc1ccc(-c3c([2H])c([2H])c(-c4c([2H])c([2H])c([2H])c(-c5c([2H])c([2H])c([2H])c([2H])c5[2H])c4[2H])c([2H])c3[2H])cc12. The Balaban J connectivity index is 1.15. The van der Waals surface area contributed by atoms with E-state index in [0.29, 0.717) is 14.8 Å². The van der Waals surface area contributed by atoms with Gasteiger partial charge < -0.3 is 0 Å². The van der Waals surface area contributed by atoms with E-state index in [-0.39, 0.29) is 71.3 Å². The molecule has 0 aliphatic carbocycles. The predicted molar refractivity (Wildman–Crippen MR) is 215 cm³/mol. The number of nitrogens with zero attached hydrogens (tertiary/aromatic N) is 2. The fourth-order valence-corrected chi connectivity index (χ4v) is 7.81. The van der Waals surface area contributed by atoms with Crippen LogP contribution in [0.4, 0.5) is 0 Å². The molecule has 50 heavy (non-hydrogen) atoms. The maximum Gasteiger partial charge on any atom is 0.116 e. The van der Waals surface area contributed by atoms with Crippen molar-refractivity contribution in [1.82, 2.24) is 9.97 Å². The average Bonchev–Trinajstić information content (AvgIpc) is 3.95. The van der Waals surface area contributed by atoms with Gasteiger partial charge in [-0.1, -0.05) is 133 Å². The predicted octanol–water partition coefficient (Wildman–Crippen LogP) is 13.5. The van der Waals surface area contributed by atoms with Gasteiger partial charge in [0.15, 0.2) is 0 Å². The van der Waals surface area contributed by atoms with Crippen molar-refractivity contribution >= 4 is 63.1 Å². The van der Waals surface area contributed by atoms with Crippen LogP contribution in [0, 0.1) is 0 Å². The molecule has 3 heterocycles. The van der Waals surface area contributed by atoms with Crippen LogP contribution >= 0.6 is 22.7 Å². The molecule has 0 amide bonds. The van der Waals surface area contributed by atoms with E-state index < -0.39 is 149 Å². The van der Waals surface area contributed by atoms with Crippen molar-refractivity contribution in [3.63, 3.8) is 0 Å². The normalized spacial score (nSPS) is 18.0. The minimum absolute atomic E-state index is 0.0393. The summed E-state index contributed by atoms with van der Waals surface area (Å²) in [6, 6.07) is -8.94. The number of rotatable bonds is 5. The minimum Gasteiger partial charge on any atom is -0.235 e. The van der Waals surface area contributed by atoms with Crippen molar-refractivity contribution < 1.29 is 31.5 Å². The van der Waals surface area contributed by atoms with Gasteiger partial charge in [-0.3, -0.25) is 0 Å². The van der Waals surface area contributed by atoms with Gasteiger partial charge in [0, 0.05) is 35.8 Å². The third kappa shape index (κ3) is 4.92. The van der Waals surface area contributed by atoms with Crippen LogP contribution in [0.5, 0.6) is 0 Å². The summed E-state index contributed by atoms with van der Waals surface area (Å²) in [5.41, 5.74) is -2.68. The smallest absolute Gasteiger partial charge is 0.116 e. The van der Waals surface area contributed by atoms with Crippen molar-refractivity contribution in [3.05, 3.63) is 170 Å². The zero-order valence-corrected chi connectivity index (χ0v) is 26.7. The molecule has 2 nitrogen and oxygen atoms in total. The van der Waals surface area contributed by atoms with Crippen molar-refractivity contribution in [1.29, 1.82) is 0 Å². The Kier molecular flexibility index (Phi) is 3.36. The van der Waals surface area contributed by atoms with Crippen molar-refractivity contribution in [2.45, 2.75) is 0 Å². The molecule has 0 bridgehead atoms. The highest BCUT2D eigenvalue weighted by molar-refractivity contribution is 7.26. The fourth-order valence-electron chi connectivity index (χ4n) is 5.60. The second kappa shape index (κ2) is 11.9. The van der Waals surface area contributed by atoms with Crippen LogP contribution in [0.15, 0.2) is 170 Å². The van der Waals surface area contributed by atoms with Gasteiger partial charge in [-0.25, -0.2) is 9.97 Å². The third-order valence-corrected chi connectivity index (χ3v) is 10.2. The summed E-state index contributed by atoms with van der Waals surface area (Å²) in [6.07, 6.45) is 1.17. The molecule has 0 fully saturated rings. The Bertz CT molecular complexity index is 4150. The molecule has 234 valence electrons. The number of fused-ring (bicyclic) bond motifs is 6. The zero-order chi connectivity index (χ0) is 53.0. The van der Waals surface area contributed by atoms with E-state index in [1.807, 2.05) is 0 Å². The number of hydrogen-bond acceptors (Lipinski definition) is 4. The number of thiophene rings is 2. The maximum atomic E-state index is 9.58. The van der Waals surface area contributed by atoms with Gasteiger partial charge in [0.1, 0.15) is 6.33 Å².